The number of benzene rings is 2. The molecule has 6 heteroatoms. The third-order valence-corrected chi connectivity index (χ3v) is 6.55. The number of nitrogens with one attached hydrogen (secondary N) is 1. The summed E-state index contributed by atoms with van der Waals surface area (Å²) >= 11 is 0. The van der Waals surface area contributed by atoms with Crippen molar-refractivity contribution in [1.29, 1.82) is 0 Å². The topological polar surface area (TPSA) is 67.9 Å². The summed E-state index contributed by atoms with van der Waals surface area (Å²) in [7, 11) is 0. The molecule has 0 bridgehead atoms. The second kappa shape index (κ2) is 8.61. The summed E-state index contributed by atoms with van der Waals surface area (Å²) in [6, 6.07) is 14.0. The number of rotatable bonds is 4. The van der Waals surface area contributed by atoms with Crippen molar-refractivity contribution in [3.05, 3.63) is 53.6 Å². The fourth-order valence-corrected chi connectivity index (χ4v) is 4.89. The second-order valence-electron chi connectivity index (χ2n) is 8.59. The highest BCUT2D eigenvalue weighted by Crippen LogP contribution is 2.38. The summed E-state index contributed by atoms with van der Waals surface area (Å²) in [4.78, 5) is 27.6. The third-order valence-electron chi connectivity index (χ3n) is 6.55. The molecule has 3 aliphatic heterocycles. The Morgan fingerprint density at radius 2 is 1.90 bits per heavy atom. The lowest BCUT2D eigenvalue weighted by Crippen LogP contribution is -2.33. The Balaban J connectivity index is 1.24. The molecule has 6 nitrogen and oxygen atoms in total. The molecule has 0 aromatic heterocycles. The first-order valence-electron chi connectivity index (χ1n) is 11.3. The number of fused-ring (bicyclic) bond motifs is 2. The average Bonchev–Trinajstić information content (AvgIpc) is 3.16. The van der Waals surface area contributed by atoms with Gasteiger partial charge in [-0.05, 0) is 55.0 Å². The summed E-state index contributed by atoms with van der Waals surface area (Å²) in [5.74, 6) is 1.54. The molecule has 2 aromatic rings. The van der Waals surface area contributed by atoms with Crippen LogP contribution in [0.5, 0.6) is 11.5 Å². The molecule has 0 unspecified atom stereocenters. The van der Waals surface area contributed by atoms with Crippen molar-refractivity contribution in [1.82, 2.24) is 4.90 Å². The van der Waals surface area contributed by atoms with Crippen LogP contribution in [-0.4, -0.2) is 36.5 Å². The zero-order chi connectivity index (χ0) is 21.2. The Morgan fingerprint density at radius 1 is 1.06 bits per heavy atom. The van der Waals surface area contributed by atoms with Crippen molar-refractivity contribution >= 4 is 17.5 Å². The molecule has 3 aliphatic rings. The number of nitrogens with zero attached hydrogens (tertiary/aromatic N) is 1. The quantitative estimate of drug-likeness (QED) is 0.809. The number of anilines is 1. The Kier molecular flexibility index (Phi) is 5.53. The van der Waals surface area contributed by atoms with Gasteiger partial charge in [0.05, 0.1) is 19.3 Å². The van der Waals surface area contributed by atoms with Gasteiger partial charge in [0, 0.05) is 31.0 Å². The number of hydrogen-bond acceptors (Lipinski definition) is 4. The first-order chi connectivity index (χ1) is 15.2. The van der Waals surface area contributed by atoms with Gasteiger partial charge in [-0.1, -0.05) is 24.3 Å². The largest absolute Gasteiger partial charge is 0.490 e. The van der Waals surface area contributed by atoms with Gasteiger partial charge >= 0.3 is 0 Å². The first-order valence-corrected chi connectivity index (χ1v) is 11.3. The standard InChI is InChI=1S/C25H28N2O4/c28-24(11-9-19-15-17-5-1-2-6-20(17)26-25(19)29)27-12-3-7-21(27)18-8-10-22-23(16-18)31-14-4-13-30-22/h1-2,5-6,8,10,16,19,21H,3-4,7,9,11-15H2,(H,26,29)/t19-,21-/m1/s1. The van der Waals surface area contributed by atoms with Gasteiger partial charge in [0.15, 0.2) is 11.5 Å². The number of hydrogen-bond donors (Lipinski definition) is 1. The van der Waals surface area contributed by atoms with Gasteiger partial charge in [0.25, 0.3) is 0 Å². The molecule has 2 atom stereocenters. The highest BCUT2D eigenvalue weighted by Gasteiger charge is 2.32. The van der Waals surface area contributed by atoms with Crippen molar-refractivity contribution in [3.8, 4) is 11.5 Å². The van der Waals surface area contributed by atoms with E-state index in [0.29, 0.717) is 32.5 Å². The fourth-order valence-electron chi connectivity index (χ4n) is 4.89. The maximum absolute atomic E-state index is 13.1. The molecule has 1 saturated heterocycles. The van der Waals surface area contributed by atoms with Crippen LogP contribution in [0.25, 0.3) is 0 Å². The molecule has 1 N–H and O–H groups in total. The summed E-state index contributed by atoms with van der Waals surface area (Å²) in [5.41, 5.74) is 3.13. The van der Waals surface area contributed by atoms with E-state index < -0.39 is 0 Å². The fraction of sp³-hybridized carbons (Fsp3) is 0.440. The van der Waals surface area contributed by atoms with Gasteiger partial charge in [-0.3, -0.25) is 9.59 Å². The highest BCUT2D eigenvalue weighted by atomic mass is 16.5. The van der Waals surface area contributed by atoms with E-state index in [4.69, 9.17) is 9.47 Å². The van der Waals surface area contributed by atoms with Crippen LogP contribution in [-0.2, 0) is 16.0 Å². The van der Waals surface area contributed by atoms with E-state index in [-0.39, 0.29) is 23.8 Å². The summed E-state index contributed by atoms with van der Waals surface area (Å²) in [5, 5.41) is 2.98. The Labute approximate surface area is 182 Å². The SMILES string of the molecule is O=C1Nc2ccccc2C[C@H]1CCC(=O)N1CCC[C@@H]1c1ccc2c(c1)OCCCO2. The second-order valence-corrected chi connectivity index (χ2v) is 8.59. The normalized spacial score (nSPS) is 22.5. The van der Waals surface area contributed by atoms with Gasteiger partial charge in [0.2, 0.25) is 11.8 Å². The lowest BCUT2D eigenvalue weighted by molar-refractivity contribution is -0.132. The Bertz CT molecular complexity index is 989. The van der Waals surface area contributed by atoms with Crippen molar-refractivity contribution in [3.63, 3.8) is 0 Å². The van der Waals surface area contributed by atoms with Crippen molar-refractivity contribution in [2.45, 2.75) is 44.6 Å². The number of carbonyl (C=O) groups is 2. The molecule has 0 spiro atoms. The van der Waals surface area contributed by atoms with E-state index in [9.17, 15) is 9.59 Å². The molecule has 5 rings (SSSR count). The number of likely N-dealkylation sites (tertiary alicyclic amines) is 1. The van der Waals surface area contributed by atoms with Gasteiger partial charge in [-0.2, -0.15) is 0 Å². The Morgan fingerprint density at radius 3 is 2.81 bits per heavy atom. The molecule has 0 radical (unpaired) electrons. The number of amides is 2. The van der Waals surface area contributed by atoms with E-state index in [1.165, 1.54) is 0 Å². The minimum atomic E-state index is -0.155. The maximum Gasteiger partial charge on any atom is 0.227 e. The molecular weight excluding hydrogens is 392 g/mol. The Hall–Kier alpha value is -3.02. The molecular formula is C25H28N2O4. The molecule has 3 heterocycles. The molecule has 2 amide bonds. The van der Waals surface area contributed by atoms with Crippen molar-refractivity contribution < 1.29 is 19.1 Å². The maximum atomic E-state index is 13.1. The number of ether oxygens (including phenoxy) is 2. The molecule has 1 fully saturated rings. The summed E-state index contributed by atoms with van der Waals surface area (Å²) < 4.78 is 11.6. The van der Waals surface area contributed by atoms with Gasteiger partial charge in [0.1, 0.15) is 0 Å². The number of para-hydroxylation sites is 1. The van der Waals surface area contributed by atoms with Gasteiger partial charge in [-0.15, -0.1) is 0 Å². The van der Waals surface area contributed by atoms with E-state index in [0.717, 1.165) is 54.1 Å². The van der Waals surface area contributed by atoms with Crippen LogP contribution in [0.4, 0.5) is 5.69 Å². The minimum absolute atomic E-state index is 0.0207. The molecule has 2 aromatic carbocycles. The third kappa shape index (κ3) is 4.11. The predicted octanol–water partition coefficient (Wildman–Crippen LogP) is 4.10. The van der Waals surface area contributed by atoms with E-state index in [1.807, 2.05) is 41.3 Å². The van der Waals surface area contributed by atoms with Crippen LogP contribution < -0.4 is 14.8 Å². The lowest BCUT2D eigenvalue weighted by Gasteiger charge is -2.28. The van der Waals surface area contributed by atoms with Crippen molar-refractivity contribution in [2.24, 2.45) is 5.92 Å². The van der Waals surface area contributed by atoms with Crippen LogP contribution in [0.2, 0.25) is 0 Å². The van der Waals surface area contributed by atoms with Crippen LogP contribution >= 0.6 is 0 Å². The number of carbonyl (C=O) groups excluding carboxylic acids is 2. The van der Waals surface area contributed by atoms with Crippen LogP contribution in [0.15, 0.2) is 42.5 Å². The van der Waals surface area contributed by atoms with E-state index >= 15 is 0 Å². The molecule has 0 aliphatic carbocycles. The monoisotopic (exact) mass is 420 g/mol. The smallest absolute Gasteiger partial charge is 0.227 e. The molecule has 31 heavy (non-hydrogen) atoms. The van der Waals surface area contributed by atoms with Crippen LogP contribution in [0.1, 0.15) is 49.3 Å². The van der Waals surface area contributed by atoms with Gasteiger partial charge < -0.3 is 19.7 Å². The zero-order valence-corrected chi connectivity index (χ0v) is 17.6. The van der Waals surface area contributed by atoms with Gasteiger partial charge in [-0.25, -0.2) is 0 Å². The predicted molar refractivity (Wildman–Crippen MR) is 117 cm³/mol. The first kappa shape index (κ1) is 19.9. The van der Waals surface area contributed by atoms with Crippen LogP contribution in [0, 0.1) is 5.92 Å². The van der Waals surface area contributed by atoms with E-state index in [1.54, 1.807) is 0 Å². The minimum Gasteiger partial charge on any atom is -0.490 e. The molecule has 162 valence electrons. The average molecular weight is 421 g/mol. The van der Waals surface area contributed by atoms with E-state index in [2.05, 4.69) is 11.4 Å². The lowest BCUT2D eigenvalue weighted by atomic mass is 9.89. The zero-order valence-electron chi connectivity index (χ0n) is 17.6. The van der Waals surface area contributed by atoms with Crippen molar-refractivity contribution in [2.75, 3.05) is 25.1 Å². The summed E-state index contributed by atoms with van der Waals surface area (Å²) in [6.07, 6.45) is 4.47. The highest BCUT2D eigenvalue weighted by molar-refractivity contribution is 5.96. The van der Waals surface area contributed by atoms with Crippen LogP contribution in [0.3, 0.4) is 0 Å². The molecule has 0 saturated carbocycles. The summed E-state index contributed by atoms with van der Waals surface area (Å²) in [6.45, 7) is 2.08.